The summed E-state index contributed by atoms with van der Waals surface area (Å²) in [5.41, 5.74) is 2.45. The number of aromatic nitrogens is 2. The lowest BCUT2D eigenvalue weighted by Crippen LogP contribution is -2.50. The molecule has 3 aromatic rings. The Morgan fingerprint density at radius 1 is 1.00 bits per heavy atom. The van der Waals surface area contributed by atoms with Crippen molar-refractivity contribution in [1.29, 1.82) is 0 Å². The van der Waals surface area contributed by atoms with Crippen LogP contribution < -0.4 is 0 Å². The third-order valence-corrected chi connectivity index (χ3v) is 7.74. The second kappa shape index (κ2) is 9.84. The molecular weight excluding hydrogens is 440 g/mol. The van der Waals surface area contributed by atoms with Gasteiger partial charge in [-0.25, -0.2) is 8.42 Å². The van der Waals surface area contributed by atoms with Crippen molar-refractivity contribution in [3.63, 3.8) is 0 Å². The molecule has 2 heterocycles. The molecule has 2 aromatic carbocycles. The largest absolute Gasteiger partial charge is 0.339 e. The first kappa shape index (κ1) is 23.1. The van der Waals surface area contributed by atoms with Crippen LogP contribution in [0, 0.1) is 6.92 Å². The minimum Gasteiger partial charge on any atom is -0.339 e. The molecule has 0 unspecified atom stereocenters. The molecule has 1 aliphatic rings. The zero-order valence-corrected chi connectivity index (χ0v) is 19.7. The lowest BCUT2D eigenvalue weighted by Gasteiger charge is -2.34. The molecule has 174 valence electrons. The highest BCUT2D eigenvalue weighted by molar-refractivity contribution is 7.89. The maximum absolute atomic E-state index is 13.0. The van der Waals surface area contributed by atoms with Crippen LogP contribution in [0.4, 0.5) is 0 Å². The number of sulfonamides is 1. The van der Waals surface area contributed by atoms with Gasteiger partial charge >= 0.3 is 0 Å². The van der Waals surface area contributed by atoms with E-state index in [1.54, 1.807) is 48.2 Å². The van der Waals surface area contributed by atoms with E-state index in [4.69, 9.17) is 4.52 Å². The van der Waals surface area contributed by atoms with Crippen molar-refractivity contribution in [1.82, 2.24) is 19.3 Å². The lowest BCUT2D eigenvalue weighted by molar-refractivity contribution is 0.0698. The number of amides is 1. The molecule has 33 heavy (non-hydrogen) atoms. The molecule has 0 atom stereocenters. The van der Waals surface area contributed by atoms with Gasteiger partial charge in [0.1, 0.15) is 0 Å². The Balaban J connectivity index is 1.37. The Hall–Kier alpha value is -3.04. The molecule has 0 radical (unpaired) electrons. The zero-order valence-electron chi connectivity index (χ0n) is 18.9. The highest BCUT2D eigenvalue weighted by Crippen LogP contribution is 2.21. The molecule has 1 saturated heterocycles. The molecule has 0 aliphatic carbocycles. The fraction of sp³-hybridized carbons (Fsp3) is 0.375. The predicted octanol–water partition coefficient (Wildman–Crippen LogP) is 3.53. The first-order valence-corrected chi connectivity index (χ1v) is 12.6. The highest BCUT2D eigenvalue weighted by atomic mass is 32.2. The number of piperazine rings is 1. The molecule has 1 aliphatic heterocycles. The van der Waals surface area contributed by atoms with Crippen LogP contribution in [-0.4, -0.2) is 59.8 Å². The third-order valence-electron chi connectivity index (χ3n) is 5.82. The van der Waals surface area contributed by atoms with E-state index >= 15 is 0 Å². The Kier molecular flexibility index (Phi) is 6.90. The minimum absolute atomic E-state index is 0.122. The van der Waals surface area contributed by atoms with E-state index in [0.29, 0.717) is 35.3 Å². The van der Waals surface area contributed by atoms with Gasteiger partial charge in [-0.2, -0.15) is 9.29 Å². The van der Waals surface area contributed by atoms with Gasteiger partial charge in [-0.15, -0.1) is 0 Å². The van der Waals surface area contributed by atoms with Gasteiger partial charge < -0.3 is 9.42 Å². The fourth-order valence-electron chi connectivity index (χ4n) is 3.85. The van der Waals surface area contributed by atoms with Crippen molar-refractivity contribution in [2.24, 2.45) is 0 Å². The smallest absolute Gasteiger partial charge is 0.253 e. The van der Waals surface area contributed by atoms with Crippen LogP contribution in [0.1, 0.15) is 41.6 Å². The number of unbranched alkanes of at least 4 members (excludes halogenated alkanes) is 1. The fourth-order valence-corrected chi connectivity index (χ4v) is 5.27. The lowest BCUT2D eigenvalue weighted by atomic mass is 10.1. The van der Waals surface area contributed by atoms with Crippen molar-refractivity contribution < 1.29 is 17.7 Å². The van der Waals surface area contributed by atoms with Gasteiger partial charge in [0.05, 0.1) is 4.90 Å². The van der Waals surface area contributed by atoms with Crippen LogP contribution in [0.5, 0.6) is 0 Å². The number of hydrogen-bond donors (Lipinski definition) is 0. The van der Waals surface area contributed by atoms with Gasteiger partial charge in [-0.05, 0) is 42.7 Å². The van der Waals surface area contributed by atoms with Gasteiger partial charge in [0, 0.05) is 44.2 Å². The van der Waals surface area contributed by atoms with Crippen LogP contribution in [-0.2, 0) is 16.4 Å². The topological polar surface area (TPSA) is 96.6 Å². The number of hydrogen-bond acceptors (Lipinski definition) is 6. The second-order valence-electron chi connectivity index (χ2n) is 8.16. The molecule has 1 fully saturated rings. The number of carbonyl (C=O) groups excluding carboxylic acids is 1. The van der Waals surface area contributed by atoms with Crippen molar-refractivity contribution in [3.8, 4) is 11.4 Å². The molecule has 4 rings (SSSR count). The van der Waals surface area contributed by atoms with Crippen LogP contribution in [0.25, 0.3) is 11.4 Å². The Morgan fingerprint density at radius 2 is 1.67 bits per heavy atom. The number of rotatable bonds is 7. The van der Waals surface area contributed by atoms with E-state index < -0.39 is 10.0 Å². The van der Waals surface area contributed by atoms with Crippen molar-refractivity contribution in [2.45, 2.75) is 38.0 Å². The Labute approximate surface area is 194 Å². The molecule has 1 aromatic heterocycles. The van der Waals surface area contributed by atoms with E-state index in [1.165, 1.54) is 4.31 Å². The Bertz CT molecular complexity index is 1200. The van der Waals surface area contributed by atoms with Gasteiger partial charge in [0.2, 0.25) is 21.7 Å². The second-order valence-corrected chi connectivity index (χ2v) is 10.1. The van der Waals surface area contributed by atoms with Gasteiger partial charge in [0.15, 0.2) is 0 Å². The van der Waals surface area contributed by atoms with E-state index in [1.807, 2.05) is 12.1 Å². The summed E-state index contributed by atoms with van der Waals surface area (Å²) in [5, 5.41) is 3.88. The maximum atomic E-state index is 13.0. The van der Waals surface area contributed by atoms with Crippen molar-refractivity contribution >= 4 is 15.9 Å². The van der Waals surface area contributed by atoms with Gasteiger partial charge in [0.25, 0.3) is 5.91 Å². The summed E-state index contributed by atoms with van der Waals surface area (Å²) in [4.78, 5) is 19.1. The average Bonchev–Trinajstić information content (AvgIpc) is 3.29. The van der Waals surface area contributed by atoms with E-state index in [9.17, 15) is 13.2 Å². The molecule has 8 nitrogen and oxygen atoms in total. The molecule has 1 amide bonds. The van der Waals surface area contributed by atoms with Crippen molar-refractivity contribution in [2.75, 3.05) is 26.2 Å². The van der Waals surface area contributed by atoms with E-state index in [-0.39, 0.29) is 19.0 Å². The summed E-state index contributed by atoms with van der Waals surface area (Å²) in [6, 6.07) is 14.2. The molecular formula is C24H28N4O4S. The monoisotopic (exact) mass is 468 g/mol. The standard InChI is InChI=1S/C24H28N4O4S/c1-3-4-5-19-6-12-22(13-7-19)33(30,31)28-16-14-27(15-17-28)24(29)21-10-8-20(9-11-21)23-25-18(2)32-26-23/h6-13H,3-5,14-17H2,1-2H3. The number of carbonyl (C=O) groups is 1. The predicted molar refractivity (Wildman–Crippen MR) is 124 cm³/mol. The van der Waals surface area contributed by atoms with E-state index in [0.717, 1.165) is 30.4 Å². The minimum atomic E-state index is -3.57. The summed E-state index contributed by atoms with van der Waals surface area (Å²) in [6.07, 6.45) is 3.14. The number of nitrogens with zero attached hydrogens (tertiary/aromatic N) is 4. The van der Waals surface area contributed by atoms with Crippen molar-refractivity contribution in [3.05, 3.63) is 65.5 Å². The van der Waals surface area contributed by atoms with E-state index in [2.05, 4.69) is 17.1 Å². The Morgan fingerprint density at radius 3 is 2.24 bits per heavy atom. The van der Waals surface area contributed by atoms with Gasteiger partial charge in [-0.1, -0.05) is 42.8 Å². The summed E-state index contributed by atoms with van der Waals surface area (Å²) < 4.78 is 32.5. The zero-order chi connectivity index (χ0) is 23.4. The van der Waals surface area contributed by atoms with Crippen LogP contribution in [0.2, 0.25) is 0 Å². The van der Waals surface area contributed by atoms with Crippen LogP contribution in [0.3, 0.4) is 0 Å². The summed E-state index contributed by atoms with van der Waals surface area (Å²) in [7, 11) is -3.57. The van der Waals surface area contributed by atoms with Crippen LogP contribution in [0.15, 0.2) is 57.9 Å². The molecule has 0 bridgehead atoms. The highest BCUT2D eigenvalue weighted by Gasteiger charge is 2.30. The van der Waals surface area contributed by atoms with Gasteiger partial charge in [-0.3, -0.25) is 4.79 Å². The SMILES string of the molecule is CCCCc1ccc(S(=O)(=O)N2CCN(C(=O)c3ccc(-c4noc(C)n4)cc3)CC2)cc1. The first-order valence-electron chi connectivity index (χ1n) is 11.2. The number of benzene rings is 2. The maximum Gasteiger partial charge on any atom is 0.253 e. The summed E-state index contributed by atoms with van der Waals surface area (Å²) in [5.74, 6) is 0.831. The quantitative estimate of drug-likeness (QED) is 0.526. The summed E-state index contributed by atoms with van der Waals surface area (Å²) >= 11 is 0. The van der Waals surface area contributed by atoms with Crippen LogP contribution >= 0.6 is 0 Å². The molecule has 0 N–H and O–H groups in total. The third kappa shape index (κ3) is 5.15. The summed E-state index contributed by atoms with van der Waals surface area (Å²) in [6.45, 7) is 5.08. The molecule has 0 spiro atoms. The first-order chi connectivity index (χ1) is 15.9. The average molecular weight is 469 g/mol. The normalized spacial score (nSPS) is 15.0. The molecule has 0 saturated carbocycles. The molecule has 9 heteroatoms. The number of aryl methyl sites for hydroxylation is 2.